The first-order valence-corrected chi connectivity index (χ1v) is 3.72. The number of phosphoric ester groups is 1. The Morgan fingerprint density at radius 3 is 2.20 bits per heavy atom. The molecule has 0 spiro atoms. The predicted octanol–water partition coefficient (Wildman–Crippen LogP) is -2.17. The minimum atomic E-state index is -4.88. The van der Waals surface area contributed by atoms with E-state index in [-0.39, 0.29) is 37.7 Å². The molecule has 1 atom stereocenters. The molecule has 5 nitrogen and oxygen atoms in total. The second kappa shape index (κ2) is 5.91. The Morgan fingerprint density at radius 2 is 2.10 bits per heavy atom. The van der Waals surface area contributed by atoms with E-state index < -0.39 is 20.5 Å². The van der Waals surface area contributed by atoms with E-state index in [0.29, 0.717) is 0 Å². The molecule has 0 rings (SSSR count). The molecule has 0 aromatic rings. The van der Waals surface area contributed by atoms with Gasteiger partial charge in [-0.05, 0) is 6.92 Å². The molecule has 0 aliphatic rings. The number of rotatable bonds is 3. The van der Waals surface area contributed by atoms with Gasteiger partial charge in [-0.15, -0.1) is 0 Å². The van der Waals surface area contributed by atoms with Gasteiger partial charge in [0.15, 0.2) is 0 Å². The maximum Gasteiger partial charge on any atom is 2.00 e. The molecule has 0 saturated carbocycles. The molecule has 0 aromatic carbocycles. The summed E-state index contributed by atoms with van der Waals surface area (Å²) in [5.41, 5.74) is 0. The normalized spacial score (nSPS) is 14.0. The molecule has 56 valence electrons. The van der Waals surface area contributed by atoms with Crippen molar-refractivity contribution in [2.45, 2.75) is 13.0 Å². The average molecular weight is 194 g/mol. The molecule has 0 amide bonds. The fourth-order valence-electron chi connectivity index (χ4n) is 0.199. The first kappa shape index (κ1) is 13.9. The van der Waals surface area contributed by atoms with Gasteiger partial charge >= 0.3 is 37.7 Å². The molecule has 0 aromatic heterocycles. The van der Waals surface area contributed by atoms with Crippen LogP contribution < -0.4 is 9.79 Å². The standard InChI is InChI=1S/C3H9O5P.Ca/c1-3(4)2-8-9(5,6)7;/h3-4H,2H2,1H3,(H2,5,6,7);/q;+2/p-2. The third-order valence-corrected chi connectivity index (χ3v) is 0.939. The van der Waals surface area contributed by atoms with Gasteiger partial charge < -0.3 is 24.0 Å². The molecule has 0 heterocycles. The van der Waals surface area contributed by atoms with Crippen molar-refractivity contribution in [2.24, 2.45) is 0 Å². The number of hydrogen-bond acceptors (Lipinski definition) is 5. The largest absolute Gasteiger partial charge is 2.00 e. The van der Waals surface area contributed by atoms with Crippen LogP contribution in [0.4, 0.5) is 0 Å². The zero-order chi connectivity index (χ0) is 7.49. The molecule has 0 bridgehead atoms. The van der Waals surface area contributed by atoms with Crippen LogP contribution in [0.1, 0.15) is 6.92 Å². The monoisotopic (exact) mass is 194 g/mol. The van der Waals surface area contributed by atoms with Crippen molar-refractivity contribution in [1.82, 2.24) is 0 Å². The fourth-order valence-corrected chi connectivity index (χ4v) is 0.597. The summed E-state index contributed by atoms with van der Waals surface area (Å²) in [7, 11) is -4.88. The zero-order valence-corrected chi connectivity index (χ0v) is 8.62. The van der Waals surface area contributed by atoms with E-state index in [1.165, 1.54) is 6.92 Å². The van der Waals surface area contributed by atoms with Crippen molar-refractivity contribution in [2.75, 3.05) is 6.61 Å². The van der Waals surface area contributed by atoms with E-state index >= 15 is 0 Å². The van der Waals surface area contributed by atoms with Gasteiger partial charge in [-0.25, -0.2) is 0 Å². The summed E-state index contributed by atoms with van der Waals surface area (Å²) in [6.07, 6.45) is -0.929. The van der Waals surface area contributed by atoms with Gasteiger partial charge in [-0.3, -0.25) is 0 Å². The molecule has 0 radical (unpaired) electrons. The van der Waals surface area contributed by atoms with Crippen molar-refractivity contribution >= 4 is 45.6 Å². The smallest absolute Gasteiger partial charge is 0.790 e. The van der Waals surface area contributed by atoms with Gasteiger partial charge in [0.05, 0.1) is 20.5 Å². The molecule has 7 heteroatoms. The minimum absolute atomic E-state index is 0. The van der Waals surface area contributed by atoms with Crippen molar-refractivity contribution in [1.29, 1.82) is 0 Å². The van der Waals surface area contributed by atoms with E-state index in [2.05, 4.69) is 4.52 Å². The first-order valence-electron chi connectivity index (χ1n) is 2.26. The van der Waals surface area contributed by atoms with Gasteiger partial charge in [-0.1, -0.05) is 0 Å². The van der Waals surface area contributed by atoms with E-state index in [0.717, 1.165) is 0 Å². The van der Waals surface area contributed by atoms with Gasteiger partial charge in [0.1, 0.15) is 0 Å². The molecular formula is C3H7CaO5P. The average Bonchev–Trinajstić information content (AvgIpc) is 1.59. The zero-order valence-electron chi connectivity index (χ0n) is 5.52. The van der Waals surface area contributed by atoms with E-state index in [9.17, 15) is 14.4 Å². The Balaban J connectivity index is 0. The predicted molar refractivity (Wildman–Crippen MR) is 31.0 cm³/mol. The van der Waals surface area contributed by atoms with Crippen LogP contribution in [0, 0.1) is 0 Å². The summed E-state index contributed by atoms with van der Waals surface area (Å²) in [4.78, 5) is 19.3. The van der Waals surface area contributed by atoms with Crippen LogP contribution in [0.5, 0.6) is 0 Å². The molecule has 0 aliphatic carbocycles. The molecule has 1 unspecified atom stereocenters. The summed E-state index contributed by atoms with van der Waals surface area (Å²) in [5, 5.41) is 8.39. The molecule has 0 fully saturated rings. The van der Waals surface area contributed by atoms with Crippen LogP contribution in [0.2, 0.25) is 0 Å². The van der Waals surface area contributed by atoms with E-state index in [1.807, 2.05) is 0 Å². The van der Waals surface area contributed by atoms with Crippen LogP contribution in [-0.4, -0.2) is 55.6 Å². The van der Waals surface area contributed by atoms with Gasteiger partial charge in [0.25, 0.3) is 0 Å². The molecule has 0 saturated heterocycles. The summed E-state index contributed by atoms with van der Waals surface area (Å²) in [5.74, 6) is 0. The van der Waals surface area contributed by atoms with Crippen molar-refractivity contribution < 1.29 is 24.0 Å². The quantitative estimate of drug-likeness (QED) is 0.407. The maximum atomic E-state index is 9.67. The summed E-state index contributed by atoms with van der Waals surface area (Å²) in [6, 6.07) is 0. The van der Waals surface area contributed by atoms with Gasteiger partial charge in [0, 0.05) is 0 Å². The maximum absolute atomic E-state index is 9.67. The third-order valence-electron chi connectivity index (χ3n) is 0.474. The molecule has 10 heavy (non-hydrogen) atoms. The Hall–Kier alpha value is 1.33. The number of aliphatic hydroxyl groups is 1. The van der Waals surface area contributed by atoms with Crippen LogP contribution in [0.25, 0.3) is 0 Å². The second-order valence-electron chi connectivity index (χ2n) is 1.59. The Morgan fingerprint density at radius 1 is 1.70 bits per heavy atom. The summed E-state index contributed by atoms with van der Waals surface area (Å²) < 4.78 is 13.4. The third kappa shape index (κ3) is 12.0. The summed E-state index contributed by atoms with van der Waals surface area (Å²) >= 11 is 0. The van der Waals surface area contributed by atoms with Crippen LogP contribution in [-0.2, 0) is 9.09 Å². The number of hydrogen-bond donors (Lipinski definition) is 1. The van der Waals surface area contributed by atoms with E-state index in [4.69, 9.17) is 5.11 Å². The van der Waals surface area contributed by atoms with Gasteiger partial charge in [0.2, 0.25) is 0 Å². The topological polar surface area (TPSA) is 92.7 Å². The van der Waals surface area contributed by atoms with Crippen LogP contribution in [0.15, 0.2) is 0 Å². The Labute approximate surface area is 88.6 Å². The van der Waals surface area contributed by atoms with Gasteiger partial charge in [-0.2, -0.15) is 0 Å². The Bertz CT molecular complexity index is 120. The number of aliphatic hydroxyl groups excluding tert-OH is 1. The molecular weight excluding hydrogens is 187 g/mol. The fraction of sp³-hybridized carbons (Fsp3) is 1.00. The van der Waals surface area contributed by atoms with Crippen LogP contribution in [0.3, 0.4) is 0 Å². The first-order chi connectivity index (χ1) is 3.92. The SMILES string of the molecule is CC(O)COP(=O)([O-])[O-].[Ca+2]. The summed E-state index contributed by atoms with van der Waals surface area (Å²) in [6.45, 7) is 0.847. The number of phosphoric acid groups is 1. The minimum Gasteiger partial charge on any atom is -0.790 e. The van der Waals surface area contributed by atoms with Crippen molar-refractivity contribution in [3.63, 3.8) is 0 Å². The Kier molecular flexibility index (Phi) is 8.21. The van der Waals surface area contributed by atoms with Crippen LogP contribution >= 0.6 is 7.82 Å². The molecule has 0 aliphatic heterocycles. The molecule has 1 N–H and O–H groups in total. The van der Waals surface area contributed by atoms with Crippen molar-refractivity contribution in [3.8, 4) is 0 Å². The van der Waals surface area contributed by atoms with E-state index in [1.54, 1.807) is 0 Å². The van der Waals surface area contributed by atoms with Crippen molar-refractivity contribution in [3.05, 3.63) is 0 Å². The second-order valence-corrected chi connectivity index (χ2v) is 2.74.